The lowest BCUT2D eigenvalue weighted by molar-refractivity contribution is 0.101. The summed E-state index contributed by atoms with van der Waals surface area (Å²) < 4.78 is 27.6. The van der Waals surface area contributed by atoms with Gasteiger partial charge in [0.05, 0.1) is 9.77 Å². The van der Waals surface area contributed by atoms with Crippen LogP contribution in [-0.2, 0) is 10.0 Å². The van der Waals surface area contributed by atoms with Crippen molar-refractivity contribution in [1.29, 1.82) is 0 Å². The van der Waals surface area contributed by atoms with Gasteiger partial charge in [-0.2, -0.15) is 0 Å². The largest absolute Gasteiger partial charge is 0.322 e. The molecular weight excluding hydrogens is 470 g/mol. The first-order chi connectivity index (χ1) is 16.3. The molecule has 3 N–H and O–H groups in total. The van der Waals surface area contributed by atoms with Crippen LogP contribution in [-0.4, -0.2) is 20.2 Å². The molecule has 0 fully saturated rings. The van der Waals surface area contributed by atoms with E-state index < -0.39 is 10.0 Å². The number of carbonyl (C=O) groups excluding carboxylic acids is 2. The zero-order valence-electron chi connectivity index (χ0n) is 18.1. The minimum atomic E-state index is -3.71. The van der Waals surface area contributed by atoms with Crippen LogP contribution in [0.25, 0.3) is 0 Å². The molecule has 0 unspecified atom stereocenters. The Morgan fingerprint density at radius 3 is 2.09 bits per heavy atom. The lowest BCUT2D eigenvalue weighted by Crippen LogP contribution is -2.14. The van der Waals surface area contributed by atoms with E-state index >= 15 is 0 Å². The number of thiophene rings is 1. The normalized spacial score (nSPS) is 11.0. The van der Waals surface area contributed by atoms with Crippen molar-refractivity contribution in [2.24, 2.45) is 0 Å². The zero-order valence-corrected chi connectivity index (χ0v) is 19.7. The summed E-state index contributed by atoms with van der Waals surface area (Å²) in [6.07, 6.45) is 0. The topological polar surface area (TPSA) is 104 Å². The summed E-state index contributed by atoms with van der Waals surface area (Å²) in [5, 5.41) is 7.36. The van der Waals surface area contributed by atoms with Gasteiger partial charge in [0.15, 0.2) is 0 Å². The highest BCUT2D eigenvalue weighted by Crippen LogP contribution is 2.20. The molecular formula is C25H21N3O4S2. The van der Waals surface area contributed by atoms with E-state index in [9.17, 15) is 18.0 Å². The molecule has 34 heavy (non-hydrogen) atoms. The molecule has 0 aliphatic heterocycles. The Bertz CT molecular complexity index is 1410. The van der Waals surface area contributed by atoms with Crippen molar-refractivity contribution in [3.8, 4) is 0 Å². The maximum atomic E-state index is 12.7. The molecule has 4 aromatic rings. The number of carbonyl (C=O) groups is 2. The van der Waals surface area contributed by atoms with Crippen molar-refractivity contribution in [2.45, 2.75) is 11.8 Å². The monoisotopic (exact) mass is 491 g/mol. The molecule has 2 amide bonds. The fourth-order valence-corrected chi connectivity index (χ4v) is 4.77. The average Bonchev–Trinajstić information content (AvgIpc) is 3.36. The third-order valence-corrected chi connectivity index (χ3v) is 7.12. The molecule has 172 valence electrons. The SMILES string of the molecule is Cc1ccc(S(=O)(=O)Nc2ccc(NC(=O)c3cccc(NC(=O)c4cccs4)c3)cc2)cc1. The van der Waals surface area contributed by atoms with Gasteiger partial charge in [-0.1, -0.05) is 29.8 Å². The molecule has 3 aromatic carbocycles. The Morgan fingerprint density at radius 1 is 0.735 bits per heavy atom. The summed E-state index contributed by atoms with van der Waals surface area (Å²) in [6, 6.07) is 23.0. The van der Waals surface area contributed by atoms with Crippen molar-refractivity contribution < 1.29 is 18.0 Å². The Labute approximate surface area is 201 Å². The van der Waals surface area contributed by atoms with Crippen LogP contribution in [0.5, 0.6) is 0 Å². The summed E-state index contributed by atoms with van der Waals surface area (Å²) >= 11 is 1.33. The highest BCUT2D eigenvalue weighted by Gasteiger charge is 2.14. The van der Waals surface area contributed by atoms with E-state index in [0.717, 1.165) is 5.56 Å². The number of nitrogens with one attached hydrogen (secondary N) is 3. The van der Waals surface area contributed by atoms with Crippen LogP contribution in [0.15, 0.2) is 95.2 Å². The Kier molecular flexibility index (Phi) is 6.76. The third kappa shape index (κ3) is 5.69. The van der Waals surface area contributed by atoms with Gasteiger partial charge in [0.25, 0.3) is 21.8 Å². The average molecular weight is 492 g/mol. The van der Waals surface area contributed by atoms with Crippen molar-refractivity contribution in [3.63, 3.8) is 0 Å². The van der Waals surface area contributed by atoms with Gasteiger partial charge < -0.3 is 10.6 Å². The smallest absolute Gasteiger partial charge is 0.265 e. The fraction of sp³-hybridized carbons (Fsp3) is 0.0400. The zero-order chi connectivity index (χ0) is 24.1. The van der Waals surface area contributed by atoms with Crippen molar-refractivity contribution >= 4 is 50.2 Å². The second-order valence-corrected chi connectivity index (χ2v) is 10.1. The van der Waals surface area contributed by atoms with Crippen molar-refractivity contribution in [1.82, 2.24) is 0 Å². The molecule has 4 rings (SSSR count). The van der Waals surface area contributed by atoms with Gasteiger partial charge in [-0.15, -0.1) is 11.3 Å². The summed E-state index contributed by atoms with van der Waals surface area (Å²) in [5.74, 6) is -0.601. The van der Waals surface area contributed by atoms with Crippen LogP contribution in [0.1, 0.15) is 25.6 Å². The number of aryl methyl sites for hydroxylation is 1. The number of sulfonamides is 1. The van der Waals surface area contributed by atoms with E-state index in [1.54, 1.807) is 84.9 Å². The maximum absolute atomic E-state index is 12.7. The lowest BCUT2D eigenvalue weighted by Gasteiger charge is -2.10. The molecule has 0 saturated heterocycles. The summed E-state index contributed by atoms with van der Waals surface area (Å²) in [4.78, 5) is 25.7. The molecule has 0 spiro atoms. The molecule has 1 heterocycles. The number of benzene rings is 3. The molecule has 9 heteroatoms. The number of rotatable bonds is 7. The minimum absolute atomic E-state index is 0.168. The Morgan fingerprint density at radius 2 is 1.41 bits per heavy atom. The summed E-state index contributed by atoms with van der Waals surface area (Å²) in [6.45, 7) is 1.88. The van der Waals surface area contributed by atoms with E-state index in [1.165, 1.54) is 11.3 Å². The molecule has 0 atom stereocenters. The van der Waals surface area contributed by atoms with Crippen LogP contribution >= 0.6 is 11.3 Å². The van der Waals surface area contributed by atoms with Gasteiger partial charge in [0.1, 0.15) is 0 Å². The predicted octanol–water partition coefficient (Wildman–Crippen LogP) is 5.36. The van der Waals surface area contributed by atoms with E-state index in [2.05, 4.69) is 15.4 Å². The van der Waals surface area contributed by atoms with E-state index in [1.807, 2.05) is 12.3 Å². The quantitative estimate of drug-likeness (QED) is 0.324. The van der Waals surface area contributed by atoms with Crippen LogP contribution in [0.2, 0.25) is 0 Å². The van der Waals surface area contributed by atoms with E-state index in [4.69, 9.17) is 0 Å². The van der Waals surface area contributed by atoms with Crippen LogP contribution < -0.4 is 15.4 Å². The molecule has 1 aromatic heterocycles. The first kappa shape index (κ1) is 23.2. The molecule has 7 nitrogen and oxygen atoms in total. The van der Waals surface area contributed by atoms with Gasteiger partial charge in [-0.25, -0.2) is 8.42 Å². The van der Waals surface area contributed by atoms with Crippen LogP contribution in [0, 0.1) is 6.92 Å². The first-order valence-corrected chi connectivity index (χ1v) is 12.6. The molecule has 0 saturated carbocycles. The van der Waals surface area contributed by atoms with Crippen molar-refractivity contribution in [2.75, 3.05) is 15.4 Å². The maximum Gasteiger partial charge on any atom is 0.265 e. The van der Waals surface area contributed by atoms with E-state index in [-0.39, 0.29) is 16.7 Å². The molecule has 0 aliphatic carbocycles. The van der Waals surface area contributed by atoms with Crippen molar-refractivity contribution in [3.05, 3.63) is 106 Å². The summed E-state index contributed by atoms with van der Waals surface area (Å²) in [5.41, 5.74) is 2.71. The number of amides is 2. The van der Waals surface area contributed by atoms with Crippen LogP contribution in [0.3, 0.4) is 0 Å². The summed E-state index contributed by atoms with van der Waals surface area (Å²) in [7, 11) is -3.71. The highest BCUT2D eigenvalue weighted by molar-refractivity contribution is 7.92. The second kappa shape index (κ2) is 9.90. The Balaban J connectivity index is 1.40. The van der Waals surface area contributed by atoms with Gasteiger partial charge >= 0.3 is 0 Å². The molecule has 0 bridgehead atoms. The van der Waals surface area contributed by atoms with Gasteiger partial charge in [-0.05, 0) is 73.0 Å². The second-order valence-electron chi connectivity index (χ2n) is 7.46. The number of anilines is 3. The van der Waals surface area contributed by atoms with E-state index in [0.29, 0.717) is 27.5 Å². The number of hydrogen-bond donors (Lipinski definition) is 3. The number of hydrogen-bond acceptors (Lipinski definition) is 5. The van der Waals surface area contributed by atoms with Crippen LogP contribution in [0.4, 0.5) is 17.1 Å². The minimum Gasteiger partial charge on any atom is -0.322 e. The third-order valence-electron chi connectivity index (χ3n) is 4.85. The van der Waals surface area contributed by atoms with Gasteiger partial charge in [-0.3, -0.25) is 14.3 Å². The highest BCUT2D eigenvalue weighted by atomic mass is 32.2. The Hall–Kier alpha value is -3.95. The molecule has 0 aliphatic rings. The fourth-order valence-electron chi connectivity index (χ4n) is 3.10. The first-order valence-electron chi connectivity index (χ1n) is 10.3. The standard InChI is InChI=1S/C25H21N3O4S2/c1-17-7-13-22(14-8-17)34(31,32)28-20-11-9-19(10-12-20)26-24(29)18-4-2-5-21(16-18)27-25(30)23-6-3-15-33-23/h2-16,28H,1H3,(H,26,29)(H,27,30). The lowest BCUT2D eigenvalue weighted by atomic mass is 10.1. The van der Waals surface area contributed by atoms with Gasteiger partial charge in [0, 0.05) is 22.6 Å². The van der Waals surface area contributed by atoms with Gasteiger partial charge in [0.2, 0.25) is 0 Å². The predicted molar refractivity (Wildman–Crippen MR) is 135 cm³/mol. The molecule has 0 radical (unpaired) electrons.